The standard InChI is InChI=1S/C25H18ClN3O3S/c1-15-21(23(30)28-19-5-3-2-4-6-19)22(17-7-9-18(26)10-8-17)29-24(31)20(33-25(29)27-15)13-16-11-12-32-14-16/h2-14,22H,1H3,(H,28,30)/b20-13+/t22-/m0/s1. The SMILES string of the molecule is CC1=C(C(=O)Nc2ccccc2)[C@H](c2ccc(Cl)cc2)n2c(s/c(=C/c3ccoc3)c2=O)=N1. The molecule has 33 heavy (non-hydrogen) atoms. The Morgan fingerprint density at radius 3 is 2.61 bits per heavy atom. The van der Waals surface area contributed by atoms with Gasteiger partial charge >= 0.3 is 0 Å². The van der Waals surface area contributed by atoms with Crippen molar-refractivity contribution in [3.05, 3.63) is 120 Å². The number of allylic oxidation sites excluding steroid dienone is 1. The van der Waals surface area contributed by atoms with E-state index in [4.69, 9.17) is 16.0 Å². The highest BCUT2D eigenvalue weighted by atomic mass is 35.5. The molecular weight excluding hydrogens is 458 g/mol. The average molecular weight is 476 g/mol. The van der Waals surface area contributed by atoms with Crippen molar-refractivity contribution in [3.8, 4) is 0 Å². The number of hydrogen-bond acceptors (Lipinski definition) is 5. The fourth-order valence-electron chi connectivity index (χ4n) is 3.80. The van der Waals surface area contributed by atoms with E-state index in [0.717, 1.165) is 11.1 Å². The van der Waals surface area contributed by atoms with Gasteiger partial charge < -0.3 is 9.73 Å². The number of amides is 1. The molecule has 5 rings (SSSR count). The molecule has 3 heterocycles. The number of carbonyl (C=O) groups excluding carboxylic acids is 1. The first-order valence-electron chi connectivity index (χ1n) is 10.2. The van der Waals surface area contributed by atoms with Crippen molar-refractivity contribution >= 4 is 40.6 Å². The zero-order valence-corrected chi connectivity index (χ0v) is 19.1. The van der Waals surface area contributed by atoms with Crippen molar-refractivity contribution in [2.75, 3.05) is 5.32 Å². The lowest BCUT2D eigenvalue weighted by Crippen LogP contribution is -2.40. The Bertz CT molecular complexity index is 1530. The minimum absolute atomic E-state index is 0.225. The summed E-state index contributed by atoms with van der Waals surface area (Å²) in [6.07, 6.45) is 4.88. The Morgan fingerprint density at radius 2 is 1.91 bits per heavy atom. The third kappa shape index (κ3) is 4.08. The first-order valence-corrected chi connectivity index (χ1v) is 11.4. The number of halogens is 1. The van der Waals surface area contributed by atoms with Gasteiger partial charge in [0.05, 0.1) is 34.4 Å². The van der Waals surface area contributed by atoms with Crippen molar-refractivity contribution in [2.45, 2.75) is 13.0 Å². The van der Waals surface area contributed by atoms with Gasteiger partial charge in [0, 0.05) is 16.3 Å². The second-order valence-corrected chi connectivity index (χ2v) is 8.96. The predicted molar refractivity (Wildman–Crippen MR) is 129 cm³/mol. The fraction of sp³-hybridized carbons (Fsp3) is 0.0800. The maximum atomic E-state index is 13.5. The van der Waals surface area contributed by atoms with Crippen LogP contribution in [-0.4, -0.2) is 10.5 Å². The number of nitrogens with one attached hydrogen (secondary N) is 1. The number of hydrogen-bond donors (Lipinski definition) is 1. The van der Waals surface area contributed by atoms with Crippen LogP contribution in [0.2, 0.25) is 5.02 Å². The van der Waals surface area contributed by atoms with Gasteiger partial charge in [-0.05, 0) is 48.9 Å². The van der Waals surface area contributed by atoms with Crippen LogP contribution in [-0.2, 0) is 4.79 Å². The molecule has 1 N–H and O–H groups in total. The lowest BCUT2D eigenvalue weighted by Gasteiger charge is -2.25. The largest absolute Gasteiger partial charge is 0.472 e. The molecule has 1 aliphatic rings. The van der Waals surface area contributed by atoms with Gasteiger partial charge in [-0.15, -0.1) is 0 Å². The van der Waals surface area contributed by atoms with Crippen LogP contribution in [0.4, 0.5) is 5.69 Å². The van der Waals surface area contributed by atoms with Crippen molar-refractivity contribution < 1.29 is 9.21 Å². The van der Waals surface area contributed by atoms with Gasteiger partial charge in [-0.2, -0.15) is 0 Å². The molecule has 4 aromatic rings. The van der Waals surface area contributed by atoms with Crippen LogP contribution in [0.1, 0.15) is 24.1 Å². The number of furan rings is 1. The highest BCUT2D eigenvalue weighted by Gasteiger charge is 2.32. The molecule has 2 aromatic carbocycles. The van der Waals surface area contributed by atoms with Crippen LogP contribution < -0.4 is 20.2 Å². The van der Waals surface area contributed by atoms with E-state index in [2.05, 4.69) is 10.3 Å². The van der Waals surface area contributed by atoms with E-state index in [1.807, 2.05) is 42.5 Å². The van der Waals surface area contributed by atoms with Crippen LogP contribution in [0.5, 0.6) is 0 Å². The number of nitrogens with zero attached hydrogens (tertiary/aromatic N) is 2. The van der Waals surface area contributed by atoms with E-state index < -0.39 is 6.04 Å². The molecule has 0 radical (unpaired) electrons. The normalized spacial score (nSPS) is 15.8. The lowest BCUT2D eigenvalue weighted by atomic mass is 9.95. The Morgan fingerprint density at radius 1 is 1.15 bits per heavy atom. The monoisotopic (exact) mass is 475 g/mol. The molecule has 0 saturated heterocycles. The summed E-state index contributed by atoms with van der Waals surface area (Å²) >= 11 is 7.39. The molecule has 0 unspecified atom stereocenters. The third-order valence-corrected chi connectivity index (χ3v) is 6.56. The highest BCUT2D eigenvalue weighted by molar-refractivity contribution is 7.07. The Balaban J connectivity index is 1.68. The maximum absolute atomic E-state index is 13.5. The van der Waals surface area contributed by atoms with E-state index >= 15 is 0 Å². The second kappa shape index (κ2) is 8.69. The third-order valence-electron chi connectivity index (χ3n) is 5.32. The molecule has 164 valence electrons. The van der Waals surface area contributed by atoms with Crippen molar-refractivity contribution in [2.24, 2.45) is 4.99 Å². The number of rotatable bonds is 4. The molecule has 0 aliphatic carbocycles. The number of thiazole rings is 1. The van der Waals surface area contributed by atoms with Crippen LogP contribution in [0.25, 0.3) is 6.08 Å². The zero-order valence-electron chi connectivity index (χ0n) is 17.5. The van der Waals surface area contributed by atoms with Crippen molar-refractivity contribution in [1.82, 2.24) is 4.57 Å². The molecule has 6 nitrogen and oxygen atoms in total. The van der Waals surface area contributed by atoms with Crippen molar-refractivity contribution in [1.29, 1.82) is 0 Å². The number of anilines is 1. The Hall–Kier alpha value is -3.68. The fourth-order valence-corrected chi connectivity index (χ4v) is 4.97. The molecule has 0 bridgehead atoms. The molecule has 8 heteroatoms. The van der Waals surface area contributed by atoms with Gasteiger partial charge in [0.25, 0.3) is 11.5 Å². The average Bonchev–Trinajstić information content (AvgIpc) is 3.42. The molecular formula is C25H18ClN3O3S. The number of carbonyl (C=O) groups is 1. The van der Waals surface area contributed by atoms with Crippen molar-refractivity contribution in [3.63, 3.8) is 0 Å². The summed E-state index contributed by atoms with van der Waals surface area (Å²) in [6, 6.07) is 17.5. The minimum atomic E-state index is -0.645. The predicted octanol–water partition coefficient (Wildman–Crippen LogP) is 4.12. The number of aromatic nitrogens is 1. The van der Waals surface area contributed by atoms with Gasteiger partial charge in [0.2, 0.25) is 0 Å². The summed E-state index contributed by atoms with van der Waals surface area (Å²) in [7, 11) is 0. The lowest BCUT2D eigenvalue weighted by molar-refractivity contribution is -0.113. The summed E-state index contributed by atoms with van der Waals surface area (Å²) in [5.74, 6) is -0.313. The first-order chi connectivity index (χ1) is 16.0. The molecule has 0 fully saturated rings. The Labute approximate surface area is 197 Å². The summed E-state index contributed by atoms with van der Waals surface area (Å²) < 4.78 is 7.20. The van der Waals surface area contributed by atoms with Crippen LogP contribution in [0, 0.1) is 0 Å². The molecule has 1 amide bonds. The van der Waals surface area contributed by atoms with Crippen LogP contribution >= 0.6 is 22.9 Å². The van der Waals surface area contributed by atoms with E-state index in [-0.39, 0.29) is 11.5 Å². The van der Waals surface area contributed by atoms with Gasteiger partial charge in [-0.1, -0.05) is 53.3 Å². The molecule has 2 aromatic heterocycles. The number of para-hydroxylation sites is 1. The molecule has 1 aliphatic heterocycles. The smallest absolute Gasteiger partial charge is 0.271 e. The molecule has 0 spiro atoms. The summed E-state index contributed by atoms with van der Waals surface area (Å²) in [5, 5.41) is 3.50. The number of fused-ring (bicyclic) bond motifs is 1. The van der Waals surface area contributed by atoms with Gasteiger partial charge in [-0.3, -0.25) is 14.2 Å². The summed E-state index contributed by atoms with van der Waals surface area (Å²) in [6.45, 7) is 1.79. The van der Waals surface area contributed by atoms with Crippen LogP contribution in [0.3, 0.4) is 0 Å². The molecule has 1 atom stereocenters. The van der Waals surface area contributed by atoms with E-state index in [9.17, 15) is 9.59 Å². The van der Waals surface area contributed by atoms with E-state index in [1.165, 1.54) is 11.3 Å². The van der Waals surface area contributed by atoms with Gasteiger partial charge in [0.1, 0.15) is 0 Å². The topological polar surface area (TPSA) is 76.6 Å². The molecule has 0 saturated carbocycles. The first kappa shape index (κ1) is 21.2. The van der Waals surface area contributed by atoms with E-state index in [0.29, 0.717) is 31.3 Å². The Kier molecular flexibility index (Phi) is 5.58. The van der Waals surface area contributed by atoms with Gasteiger partial charge in [-0.25, -0.2) is 4.99 Å². The van der Waals surface area contributed by atoms with Gasteiger partial charge in [0.15, 0.2) is 4.80 Å². The summed E-state index contributed by atoms with van der Waals surface area (Å²) in [4.78, 5) is 32.1. The number of benzene rings is 2. The minimum Gasteiger partial charge on any atom is -0.472 e. The quantitative estimate of drug-likeness (QED) is 0.482. The van der Waals surface area contributed by atoms with E-state index in [1.54, 1.807) is 48.3 Å². The second-order valence-electron chi connectivity index (χ2n) is 7.51. The summed E-state index contributed by atoms with van der Waals surface area (Å²) in [5.41, 5.74) is 2.94. The zero-order chi connectivity index (χ0) is 22.9. The highest BCUT2D eigenvalue weighted by Crippen LogP contribution is 2.31. The van der Waals surface area contributed by atoms with Crippen LogP contribution in [0.15, 0.2) is 98.7 Å². The maximum Gasteiger partial charge on any atom is 0.271 e.